The molecule has 1 aromatic heterocycles. The van der Waals surface area contributed by atoms with Crippen molar-refractivity contribution in [1.29, 1.82) is 0 Å². The van der Waals surface area contributed by atoms with E-state index in [4.69, 9.17) is 15.3 Å². The van der Waals surface area contributed by atoms with Crippen LogP contribution in [0.15, 0.2) is 53.7 Å². The molecule has 0 bridgehead atoms. The van der Waals surface area contributed by atoms with E-state index in [9.17, 15) is 0 Å². The zero-order valence-electron chi connectivity index (χ0n) is 15.0. The molecule has 0 radical (unpaired) electrons. The normalized spacial score (nSPS) is 10.9. The summed E-state index contributed by atoms with van der Waals surface area (Å²) in [4.78, 5) is 0. The van der Waals surface area contributed by atoms with Gasteiger partial charge in [-0.2, -0.15) is 0 Å². The van der Waals surface area contributed by atoms with Gasteiger partial charge in [0.25, 0.3) is 0 Å². The van der Waals surface area contributed by atoms with Gasteiger partial charge in [-0.25, -0.2) is 4.68 Å². The molecule has 0 saturated heterocycles. The highest BCUT2D eigenvalue weighted by Crippen LogP contribution is 2.27. The molecule has 7 heteroatoms. The van der Waals surface area contributed by atoms with E-state index in [1.807, 2.05) is 62.4 Å². The molecular formula is C19H22N4O2S. The van der Waals surface area contributed by atoms with Gasteiger partial charge < -0.3 is 15.3 Å². The Bertz CT molecular complexity index is 862. The van der Waals surface area contributed by atoms with Gasteiger partial charge in [0.1, 0.15) is 11.5 Å². The van der Waals surface area contributed by atoms with Crippen LogP contribution in [0, 0.1) is 0 Å². The van der Waals surface area contributed by atoms with E-state index in [2.05, 4.69) is 10.2 Å². The number of methoxy groups -OCH3 is 1. The maximum Gasteiger partial charge on any atom is 0.210 e. The smallest absolute Gasteiger partial charge is 0.210 e. The van der Waals surface area contributed by atoms with E-state index in [1.165, 1.54) is 16.4 Å². The van der Waals surface area contributed by atoms with E-state index in [-0.39, 0.29) is 6.10 Å². The number of hydrogen-bond donors (Lipinski definition) is 1. The number of nitrogen functional groups attached to an aromatic ring is 1. The van der Waals surface area contributed by atoms with Crippen molar-refractivity contribution in [3.05, 3.63) is 54.1 Å². The van der Waals surface area contributed by atoms with Gasteiger partial charge in [0.05, 0.1) is 13.2 Å². The zero-order chi connectivity index (χ0) is 18.5. The van der Waals surface area contributed by atoms with Crippen LogP contribution in [0.5, 0.6) is 11.5 Å². The number of aromatic nitrogens is 3. The van der Waals surface area contributed by atoms with Crippen LogP contribution in [-0.2, 0) is 5.75 Å². The summed E-state index contributed by atoms with van der Waals surface area (Å²) in [6.07, 6.45) is 0.108. The zero-order valence-corrected chi connectivity index (χ0v) is 15.9. The third kappa shape index (κ3) is 4.29. The summed E-state index contributed by atoms with van der Waals surface area (Å²) in [6, 6.07) is 15.6. The topological polar surface area (TPSA) is 75.2 Å². The first-order chi connectivity index (χ1) is 12.6. The van der Waals surface area contributed by atoms with Crippen LogP contribution < -0.4 is 15.3 Å². The third-order valence-corrected chi connectivity index (χ3v) is 4.67. The highest BCUT2D eigenvalue weighted by Gasteiger charge is 2.13. The van der Waals surface area contributed by atoms with Gasteiger partial charge in [-0.15, -0.1) is 10.2 Å². The van der Waals surface area contributed by atoms with Crippen LogP contribution in [0.3, 0.4) is 0 Å². The molecule has 0 fully saturated rings. The number of nitrogens with zero attached hydrogens (tertiary/aromatic N) is 3. The standard InChI is InChI=1S/C19H22N4O2S/c1-13(2)25-17-6-4-5-15(11-17)18-21-22-19(23(18)20)26-12-14-7-9-16(24-3)10-8-14/h4-11,13H,12,20H2,1-3H3. The van der Waals surface area contributed by atoms with Crippen molar-refractivity contribution < 1.29 is 9.47 Å². The lowest BCUT2D eigenvalue weighted by Crippen LogP contribution is -2.11. The number of hydrogen-bond acceptors (Lipinski definition) is 6. The Morgan fingerprint density at radius 2 is 1.85 bits per heavy atom. The summed E-state index contributed by atoms with van der Waals surface area (Å²) >= 11 is 1.54. The van der Waals surface area contributed by atoms with Crippen LogP contribution in [0.4, 0.5) is 0 Å². The average Bonchev–Trinajstić information content (AvgIpc) is 3.01. The molecule has 0 amide bonds. The molecule has 0 saturated carbocycles. The second-order valence-electron chi connectivity index (χ2n) is 6.01. The minimum atomic E-state index is 0.108. The molecule has 6 nitrogen and oxygen atoms in total. The van der Waals surface area contributed by atoms with Crippen molar-refractivity contribution in [3.8, 4) is 22.9 Å². The minimum Gasteiger partial charge on any atom is -0.497 e. The monoisotopic (exact) mass is 370 g/mol. The van der Waals surface area contributed by atoms with Gasteiger partial charge in [-0.3, -0.25) is 0 Å². The summed E-state index contributed by atoms with van der Waals surface area (Å²) in [6.45, 7) is 3.98. The Morgan fingerprint density at radius 3 is 2.54 bits per heavy atom. The van der Waals surface area contributed by atoms with Crippen LogP contribution in [0.25, 0.3) is 11.4 Å². The average molecular weight is 370 g/mol. The Hall–Kier alpha value is -2.67. The van der Waals surface area contributed by atoms with Crippen LogP contribution >= 0.6 is 11.8 Å². The number of rotatable bonds is 7. The highest BCUT2D eigenvalue weighted by molar-refractivity contribution is 7.98. The van der Waals surface area contributed by atoms with E-state index in [0.29, 0.717) is 11.0 Å². The molecular weight excluding hydrogens is 348 g/mol. The maximum atomic E-state index is 6.21. The van der Waals surface area contributed by atoms with Gasteiger partial charge >= 0.3 is 0 Å². The van der Waals surface area contributed by atoms with Crippen LogP contribution in [0.1, 0.15) is 19.4 Å². The Labute approximate surface area is 157 Å². The summed E-state index contributed by atoms with van der Waals surface area (Å²) in [7, 11) is 1.66. The van der Waals surface area contributed by atoms with Crippen molar-refractivity contribution >= 4 is 11.8 Å². The molecule has 2 N–H and O–H groups in total. The van der Waals surface area contributed by atoms with Gasteiger partial charge in [0.15, 0.2) is 5.82 Å². The Kier molecular flexibility index (Phi) is 5.68. The van der Waals surface area contributed by atoms with Crippen molar-refractivity contribution in [2.45, 2.75) is 30.9 Å². The first kappa shape index (κ1) is 18.1. The lowest BCUT2D eigenvalue weighted by molar-refractivity contribution is 0.242. The minimum absolute atomic E-state index is 0.108. The van der Waals surface area contributed by atoms with E-state index < -0.39 is 0 Å². The molecule has 0 unspecified atom stereocenters. The Morgan fingerprint density at radius 1 is 1.08 bits per heavy atom. The van der Waals surface area contributed by atoms with E-state index in [0.717, 1.165) is 28.4 Å². The van der Waals surface area contributed by atoms with E-state index >= 15 is 0 Å². The van der Waals surface area contributed by atoms with Crippen molar-refractivity contribution in [2.75, 3.05) is 13.0 Å². The van der Waals surface area contributed by atoms with E-state index in [1.54, 1.807) is 7.11 Å². The summed E-state index contributed by atoms with van der Waals surface area (Å²) in [5, 5.41) is 9.11. The summed E-state index contributed by atoms with van der Waals surface area (Å²) < 4.78 is 12.4. The fraction of sp³-hybridized carbons (Fsp3) is 0.263. The predicted octanol–water partition coefficient (Wildman–Crippen LogP) is 3.75. The molecule has 0 aliphatic rings. The molecule has 0 spiro atoms. The molecule has 2 aromatic carbocycles. The molecule has 26 heavy (non-hydrogen) atoms. The highest BCUT2D eigenvalue weighted by atomic mass is 32.2. The molecule has 0 aliphatic heterocycles. The SMILES string of the molecule is COc1ccc(CSc2nnc(-c3cccc(OC(C)C)c3)n2N)cc1. The second kappa shape index (κ2) is 8.14. The molecule has 1 heterocycles. The summed E-state index contributed by atoms with van der Waals surface area (Å²) in [5.41, 5.74) is 2.03. The number of thioether (sulfide) groups is 1. The van der Waals surface area contributed by atoms with Crippen LogP contribution in [0.2, 0.25) is 0 Å². The number of benzene rings is 2. The molecule has 0 aliphatic carbocycles. The lowest BCUT2D eigenvalue weighted by atomic mass is 10.2. The van der Waals surface area contributed by atoms with Crippen molar-refractivity contribution in [2.24, 2.45) is 0 Å². The lowest BCUT2D eigenvalue weighted by Gasteiger charge is -2.10. The third-order valence-electron chi connectivity index (χ3n) is 3.66. The number of nitrogens with two attached hydrogens (primary N) is 1. The first-order valence-electron chi connectivity index (χ1n) is 8.30. The Balaban J connectivity index is 1.73. The quantitative estimate of drug-likeness (QED) is 0.504. The summed E-state index contributed by atoms with van der Waals surface area (Å²) in [5.74, 6) is 9.18. The predicted molar refractivity (Wildman–Crippen MR) is 104 cm³/mol. The maximum absolute atomic E-state index is 6.21. The number of ether oxygens (including phenoxy) is 2. The van der Waals surface area contributed by atoms with Gasteiger partial charge in [0.2, 0.25) is 5.16 Å². The van der Waals surface area contributed by atoms with Crippen molar-refractivity contribution in [1.82, 2.24) is 14.9 Å². The van der Waals surface area contributed by atoms with Gasteiger partial charge in [-0.1, -0.05) is 36.0 Å². The van der Waals surface area contributed by atoms with Crippen molar-refractivity contribution in [3.63, 3.8) is 0 Å². The van der Waals surface area contributed by atoms with Gasteiger partial charge in [0, 0.05) is 11.3 Å². The second-order valence-corrected chi connectivity index (χ2v) is 6.95. The molecule has 0 atom stereocenters. The first-order valence-corrected chi connectivity index (χ1v) is 9.28. The van der Waals surface area contributed by atoms with Gasteiger partial charge in [-0.05, 0) is 43.7 Å². The molecule has 3 rings (SSSR count). The fourth-order valence-electron chi connectivity index (χ4n) is 2.42. The molecule has 136 valence electrons. The largest absolute Gasteiger partial charge is 0.497 e. The molecule has 3 aromatic rings. The fourth-order valence-corrected chi connectivity index (χ4v) is 3.23. The van der Waals surface area contributed by atoms with Crippen LogP contribution in [-0.4, -0.2) is 28.1 Å².